The zero-order chi connectivity index (χ0) is 19.7. The second kappa shape index (κ2) is 8.24. The van der Waals surface area contributed by atoms with Crippen LogP contribution in [0.3, 0.4) is 0 Å². The van der Waals surface area contributed by atoms with Gasteiger partial charge in [-0.3, -0.25) is 0 Å². The van der Waals surface area contributed by atoms with Crippen LogP contribution in [-0.4, -0.2) is 0 Å². The van der Waals surface area contributed by atoms with E-state index in [9.17, 15) is 13.2 Å². The largest absolute Gasteiger partial charge is 0.416 e. The first-order chi connectivity index (χ1) is 13.5. The fraction of sp³-hybridized carbons (Fsp3) is 0.680. The molecule has 3 aliphatic carbocycles. The lowest BCUT2D eigenvalue weighted by Gasteiger charge is -2.51. The Balaban J connectivity index is 1.37. The highest BCUT2D eigenvalue weighted by atomic mass is 19.4. The molecule has 3 saturated carbocycles. The Morgan fingerprint density at radius 2 is 1.50 bits per heavy atom. The summed E-state index contributed by atoms with van der Waals surface area (Å²) < 4.78 is 38.5. The van der Waals surface area contributed by atoms with E-state index in [0.717, 1.165) is 48.0 Å². The summed E-state index contributed by atoms with van der Waals surface area (Å²) in [6.07, 6.45) is 10.8. The molecular weight excluding hydrogens is 357 g/mol. The van der Waals surface area contributed by atoms with Crippen LogP contribution in [0.15, 0.2) is 36.9 Å². The van der Waals surface area contributed by atoms with E-state index in [4.69, 9.17) is 0 Å². The number of fused-ring (bicyclic) bond motifs is 3. The van der Waals surface area contributed by atoms with E-state index in [1.54, 1.807) is 12.1 Å². The van der Waals surface area contributed by atoms with Crippen LogP contribution in [0, 0.1) is 29.6 Å². The molecule has 28 heavy (non-hydrogen) atoms. The van der Waals surface area contributed by atoms with Gasteiger partial charge in [0.05, 0.1) is 5.56 Å². The molecule has 3 heteroatoms. The molecule has 6 atom stereocenters. The molecule has 0 aliphatic heterocycles. The number of allylic oxidation sites excluding steroid dienone is 1. The molecular formula is C25H33F3. The van der Waals surface area contributed by atoms with Gasteiger partial charge in [0.2, 0.25) is 0 Å². The van der Waals surface area contributed by atoms with Crippen LogP contribution < -0.4 is 0 Å². The number of hydrogen-bond donors (Lipinski definition) is 0. The van der Waals surface area contributed by atoms with E-state index in [1.165, 1.54) is 63.5 Å². The molecule has 1 aromatic carbocycles. The van der Waals surface area contributed by atoms with E-state index in [0.29, 0.717) is 5.92 Å². The zero-order valence-corrected chi connectivity index (χ0v) is 16.8. The van der Waals surface area contributed by atoms with E-state index in [2.05, 4.69) is 12.7 Å². The zero-order valence-electron chi connectivity index (χ0n) is 16.8. The van der Waals surface area contributed by atoms with Gasteiger partial charge in [0.15, 0.2) is 0 Å². The van der Waals surface area contributed by atoms with Crippen molar-refractivity contribution >= 4 is 0 Å². The van der Waals surface area contributed by atoms with Crippen LogP contribution in [0.4, 0.5) is 13.2 Å². The van der Waals surface area contributed by atoms with Crippen molar-refractivity contribution in [1.82, 2.24) is 0 Å². The highest BCUT2D eigenvalue weighted by Gasteiger charge is 2.44. The number of alkyl halides is 3. The third-order valence-corrected chi connectivity index (χ3v) is 8.14. The maximum atomic E-state index is 12.8. The lowest BCUT2D eigenvalue weighted by Crippen LogP contribution is -2.41. The van der Waals surface area contributed by atoms with Gasteiger partial charge in [0.1, 0.15) is 0 Å². The van der Waals surface area contributed by atoms with Crippen molar-refractivity contribution in [2.24, 2.45) is 29.6 Å². The van der Waals surface area contributed by atoms with E-state index < -0.39 is 11.7 Å². The predicted molar refractivity (Wildman–Crippen MR) is 108 cm³/mol. The van der Waals surface area contributed by atoms with Gasteiger partial charge in [0.25, 0.3) is 0 Å². The molecule has 6 unspecified atom stereocenters. The number of rotatable bonds is 4. The first-order valence-electron chi connectivity index (χ1n) is 11.2. The van der Waals surface area contributed by atoms with E-state index in [1.807, 2.05) is 0 Å². The quantitative estimate of drug-likeness (QED) is 0.457. The van der Waals surface area contributed by atoms with Crippen molar-refractivity contribution in [3.8, 4) is 0 Å². The lowest BCUT2D eigenvalue weighted by molar-refractivity contribution is -0.137. The summed E-state index contributed by atoms with van der Waals surface area (Å²) >= 11 is 0. The highest BCUT2D eigenvalue weighted by molar-refractivity contribution is 5.27. The van der Waals surface area contributed by atoms with E-state index in [-0.39, 0.29) is 0 Å². The maximum Gasteiger partial charge on any atom is 0.416 e. The molecule has 0 saturated heterocycles. The Morgan fingerprint density at radius 3 is 2.14 bits per heavy atom. The number of hydrogen-bond acceptors (Lipinski definition) is 0. The highest BCUT2D eigenvalue weighted by Crippen LogP contribution is 2.55. The molecule has 0 radical (unpaired) electrons. The van der Waals surface area contributed by atoms with Crippen molar-refractivity contribution in [1.29, 1.82) is 0 Å². The summed E-state index contributed by atoms with van der Waals surface area (Å²) in [6, 6.07) is 5.99. The summed E-state index contributed by atoms with van der Waals surface area (Å²) in [5, 5.41) is 0. The topological polar surface area (TPSA) is 0 Å². The fourth-order valence-corrected chi connectivity index (χ4v) is 6.75. The molecule has 3 fully saturated rings. The number of halogens is 3. The van der Waals surface area contributed by atoms with Crippen LogP contribution in [-0.2, 0) is 6.18 Å². The van der Waals surface area contributed by atoms with Gasteiger partial charge in [0, 0.05) is 0 Å². The molecule has 0 spiro atoms. The average Bonchev–Trinajstić information content (AvgIpc) is 2.71. The van der Waals surface area contributed by atoms with Crippen LogP contribution >= 0.6 is 0 Å². The van der Waals surface area contributed by atoms with Gasteiger partial charge in [-0.1, -0.05) is 24.6 Å². The Hall–Kier alpha value is -1.25. The third-order valence-electron chi connectivity index (χ3n) is 8.14. The average molecular weight is 391 g/mol. The van der Waals surface area contributed by atoms with Gasteiger partial charge < -0.3 is 0 Å². The summed E-state index contributed by atoms with van der Waals surface area (Å²) in [4.78, 5) is 0. The Kier molecular flexibility index (Phi) is 5.90. The molecule has 0 bridgehead atoms. The summed E-state index contributed by atoms with van der Waals surface area (Å²) in [7, 11) is 0. The van der Waals surface area contributed by atoms with E-state index >= 15 is 0 Å². The second-order valence-electron chi connectivity index (χ2n) is 9.60. The molecule has 0 heterocycles. The molecule has 0 N–H and O–H groups in total. The first-order valence-corrected chi connectivity index (χ1v) is 11.2. The molecule has 154 valence electrons. The second-order valence-corrected chi connectivity index (χ2v) is 9.60. The van der Waals surface area contributed by atoms with Gasteiger partial charge in [-0.05, 0) is 111 Å². The van der Waals surface area contributed by atoms with Crippen LogP contribution in [0.2, 0.25) is 0 Å². The minimum Gasteiger partial charge on any atom is -0.166 e. The lowest BCUT2D eigenvalue weighted by atomic mass is 9.55. The Bertz CT molecular complexity index is 659. The minimum absolute atomic E-state index is 0.448. The van der Waals surface area contributed by atoms with Gasteiger partial charge in [-0.2, -0.15) is 13.2 Å². The number of benzene rings is 1. The van der Waals surface area contributed by atoms with Crippen molar-refractivity contribution in [3.63, 3.8) is 0 Å². The standard InChI is InChI=1S/C25H33F3/c1-2-3-4-17-5-13-23-20(15-17)6-7-21-16-19(10-14-24(21)23)18-8-11-22(12-9-18)25(26,27)28/h2,8-9,11-12,17,19-21,23-24H,1,3-7,10,13-16H2. The molecule has 4 rings (SSSR count). The molecule has 0 amide bonds. The predicted octanol–water partition coefficient (Wildman–Crippen LogP) is 8.00. The van der Waals surface area contributed by atoms with Gasteiger partial charge in [-0.15, -0.1) is 6.58 Å². The smallest absolute Gasteiger partial charge is 0.166 e. The van der Waals surface area contributed by atoms with Crippen molar-refractivity contribution in [3.05, 3.63) is 48.0 Å². The normalized spacial score (nSPS) is 35.7. The fourth-order valence-electron chi connectivity index (χ4n) is 6.75. The Morgan fingerprint density at radius 1 is 0.857 bits per heavy atom. The molecule has 0 nitrogen and oxygen atoms in total. The van der Waals surface area contributed by atoms with Gasteiger partial charge >= 0.3 is 6.18 Å². The SMILES string of the molecule is C=CCCC1CCC2C(CCC3CC(c4ccc(C(F)(F)F)cc4)CCC32)C1. The molecule has 3 aliphatic rings. The van der Waals surface area contributed by atoms with Crippen molar-refractivity contribution < 1.29 is 13.2 Å². The van der Waals surface area contributed by atoms with Crippen molar-refractivity contribution in [2.75, 3.05) is 0 Å². The summed E-state index contributed by atoms with van der Waals surface area (Å²) in [5.41, 5.74) is 0.584. The Labute approximate surface area is 167 Å². The van der Waals surface area contributed by atoms with Crippen LogP contribution in [0.25, 0.3) is 0 Å². The summed E-state index contributed by atoms with van der Waals surface area (Å²) in [6.45, 7) is 3.87. The van der Waals surface area contributed by atoms with Crippen LogP contribution in [0.5, 0.6) is 0 Å². The van der Waals surface area contributed by atoms with Crippen LogP contribution in [0.1, 0.15) is 81.3 Å². The van der Waals surface area contributed by atoms with Gasteiger partial charge in [-0.25, -0.2) is 0 Å². The maximum absolute atomic E-state index is 12.8. The molecule has 0 aromatic heterocycles. The molecule has 1 aromatic rings. The van der Waals surface area contributed by atoms with Crippen molar-refractivity contribution in [2.45, 2.75) is 76.3 Å². The minimum atomic E-state index is -4.24. The monoisotopic (exact) mass is 390 g/mol. The first kappa shape index (κ1) is 20.0. The third kappa shape index (κ3) is 4.19. The summed E-state index contributed by atoms with van der Waals surface area (Å²) in [5.74, 6) is 4.83.